The Kier molecular flexibility index (Phi) is 7.67. The Balaban J connectivity index is 1.08. The average molecular weight is 587 g/mol. The lowest BCUT2D eigenvalue weighted by atomic mass is 9.88. The zero-order valence-corrected chi connectivity index (χ0v) is 25.0. The van der Waals surface area contributed by atoms with Gasteiger partial charge in [-0.1, -0.05) is 6.07 Å². The number of carbonyl (C=O) groups excluding carboxylic acids is 3. The molecule has 3 saturated heterocycles. The maximum atomic E-state index is 14.3. The summed E-state index contributed by atoms with van der Waals surface area (Å²) in [7, 11) is 1.91. The molecule has 3 aliphatic heterocycles. The number of benzene rings is 1. The number of hydrogen-bond acceptors (Lipinski definition) is 6. The van der Waals surface area contributed by atoms with Gasteiger partial charge in [0.25, 0.3) is 0 Å². The topological polar surface area (TPSA) is 117 Å². The second-order valence-electron chi connectivity index (χ2n) is 12.9. The summed E-state index contributed by atoms with van der Waals surface area (Å²) in [6.45, 7) is 3.09. The largest absolute Gasteiger partial charge is 0.350 e. The summed E-state index contributed by atoms with van der Waals surface area (Å²) in [5, 5.41) is 16.6. The lowest BCUT2D eigenvalue weighted by molar-refractivity contribution is -0.146. The van der Waals surface area contributed by atoms with Crippen LogP contribution in [0.3, 0.4) is 0 Å². The molecule has 7 rings (SSSR count). The van der Waals surface area contributed by atoms with Crippen LogP contribution in [0.2, 0.25) is 0 Å². The number of piperidine rings is 1. The van der Waals surface area contributed by atoms with Crippen LogP contribution in [-0.2, 0) is 34.4 Å². The van der Waals surface area contributed by atoms with Crippen molar-refractivity contribution in [3.63, 3.8) is 0 Å². The fourth-order valence-electron chi connectivity index (χ4n) is 7.28. The van der Waals surface area contributed by atoms with Gasteiger partial charge < -0.3 is 20.4 Å². The third kappa shape index (κ3) is 5.79. The van der Waals surface area contributed by atoms with Crippen LogP contribution in [0, 0.1) is 11.8 Å². The molecule has 1 aliphatic carbocycles. The molecule has 2 N–H and O–H groups in total. The maximum Gasteiger partial charge on any atom is 0.243 e. The molecule has 4 aliphatic rings. The van der Waals surface area contributed by atoms with Crippen molar-refractivity contribution in [3.05, 3.63) is 47.9 Å². The van der Waals surface area contributed by atoms with Crippen LogP contribution in [0.25, 0.3) is 10.9 Å². The smallest absolute Gasteiger partial charge is 0.243 e. The van der Waals surface area contributed by atoms with Crippen molar-refractivity contribution in [3.8, 4) is 0 Å². The Morgan fingerprint density at radius 3 is 2.70 bits per heavy atom. The van der Waals surface area contributed by atoms with Crippen LogP contribution in [0.4, 0.5) is 0 Å². The Morgan fingerprint density at radius 1 is 1.05 bits per heavy atom. The Bertz CT molecular complexity index is 1500. The van der Waals surface area contributed by atoms with Crippen molar-refractivity contribution < 1.29 is 14.4 Å². The van der Waals surface area contributed by atoms with Crippen LogP contribution >= 0.6 is 0 Å². The van der Waals surface area contributed by atoms with E-state index in [1.165, 1.54) is 12.8 Å². The summed E-state index contributed by atoms with van der Waals surface area (Å²) in [4.78, 5) is 45.2. The summed E-state index contributed by atoms with van der Waals surface area (Å²) in [5.74, 6) is -0.465. The molecule has 1 aromatic carbocycles. The number of rotatable bonds is 8. The number of amides is 3. The zero-order chi connectivity index (χ0) is 29.5. The molecule has 5 heterocycles. The number of nitrogens with zero attached hydrogens (tertiary/aromatic N) is 6. The van der Waals surface area contributed by atoms with Crippen molar-refractivity contribution in [1.29, 1.82) is 0 Å². The van der Waals surface area contributed by atoms with Gasteiger partial charge in [-0.2, -0.15) is 10.2 Å². The first-order valence-corrected chi connectivity index (χ1v) is 16.0. The zero-order valence-electron chi connectivity index (χ0n) is 25.0. The van der Waals surface area contributed by atoms with Crippen LogP contribution in [0.5, 0.6) is 0 Å². The lowest BCUT2D eigenvalue weighted by Crippen LogP contribution is -2.59. The number of hydrogen-bond donors (Lipinski definition) is 2. The standard InChI is InChI=1S/C32H42N8O3/c1-37-27-9-6-21(15-23(27)19-35-37)18-34-30(41)28-17-22(16-24-10-14-40(36-24)25-7-8-25)20-39(28)32(43)29-26(5-4-11-33-29)31(42)38-12-2-3-13-38/h6,9-10,14-15,19,22,25-26,28-29,33H,2-5,7-8,11-13,16-18,20H2,1H3,(H,34,41)/t22-,26+,28+,29-/m1/s1. The molecule has 2 aromatic heterocycles. The summed E-state index contributed by atoms with van der Waals surface area (Å²) in [6.07, 6.45) is 11.1. The van der Waals surface area contributed by atoms with E-state index in [-0.39, 0.29) is 29.6 Å². The molecule has 43 heavy (non-hydrogen) atoms. The van der Waals surface area contributed by atoms with Crippen LogP contribution < -0.4 is 10.6 Å². The molecular formula is C32H42N8O3. The van der Waals surface area contributed by atoms with E-state index < -0.39 is 12.1 Å². The van der Waals surface area contributed by atoms with E-state index in [4.69, 9.17) is 5.10 Å². The summed E-state index contributed by atoms with van der Waals surface area (Å²) < 4.78 is 3.88. The molecule has 11 heteroatoms. The molecule has 4 fully saturated rings. The van der Waals surface area contributed by atoms with Gasteiger partial charge in [0.15, 0.2) is 0 Å². The number of fused-ring (bicyclic) bond motifs is 1. The number of carbonyl (C=O) groups is 3. The molecule has 0 unspecified atom stereocenters. The lowest BCUT2D eigenvalue weighted by Gasteiger charge is -2.36. The molecule has 4 atom stereocenters. The third-order valence-corrected chi connectivity index (χ3v) is 9.79. The van der Waals surface area contributed by atoms with Crippen LogP contribution in [-0.4, -0.2) is 85.3 Å². The van der Waals surface area contributed by atoms with E-state index in [1.54, 1.807) is 4.90 Å². The first-order valence-electron chi connectivity index (χ1n) is 16.0. The van der Waals surface area contributed by atoms with Gasteiger partial charge in [-0.15, -0.1) is 0 Å². The highest BCUT2D eigenvalue weighted by atomic mass is 16.2. The van der Waals surface area contributed by atoms with Crippen LogP contribution in [0.1, 0.15) is 62.2 Å². The van der Waals surface area contributed by atoms with Gasteiger partial charge in [-0.05, 0) is 87.6 Å². The van der Waals surface area contributed by atoms with E-state index in [2.05, 4.69) is 32.7 Å². The van der Waals surface area contributed by atoms with Gasteiger partial charge in [0, 0.05) is 44.8 Å². The molecule has 0 spiro atoms. The normalized spacial score (nSPS) is 25.9. The van der Waals surface area contributed by atoms with Crippen molar-refractivity contribution in [2.75, 3.05) is 26.2 Å². The van der Waals surface area contributed by atoms with Gasteiger partial charge in [0.2, 0.25) is 17.7 Å². The molecular weight excluding hydrogens is 544 g/mol. The third-order valence-electron chi connectivity index (χ3n) is 9.79. The minimum absolute atomic E-state index is 0.0798. The van der Waals surface area contributed by atoms with Crippen LogP contribution in [0.15, 0.2) is 36.7 Å². The second-order valence-corrected chi connectivity index (χ2v) is 12.9. The highest BCUT2D eigenvalue weighted by Gasteiger charge is 2.46. The first kappa shape index (κ1) is 28.1. The molecule has 0 radical (unpaired) electrons. The monoisotopic (exact) mass is 586 g/mol. The van der Waals surface area contributed by atoms with E-state index in [9.17, 15) is 14.4 Å². The van der Waals surface area contributed by atoms with Crippen molar-refractivity contribution in [1.82, 2.24) is 40.0 Å². The van der Waals surface area contributed by atoms with Gasteiger partial charge in [0.05, 0.1) is 35.4 Å². The van der Waals surface area contributed by atoms with Gasteiger partial charge >= 0.3 is 0 Å². The van der Waals surface area contributed by atoms with E-state index in [0.29, 0.717) is 38.5 Å². The van der Waals surface area contributed by atoms with Crippen molar-refractivity contribution in [2.45, 2.75) is 76.0 Å². The Morgan fingerprint density at radius 2 is 1.88 bits per heavy atom. The minimum Gasteiger partial charge on any atom is -0.350 e. The minimum atomic E-state index is -0.599. The number of nitrogens with one attached hydrogen (secondary N) is 2. The SMILES string of the molecule is Cn1ncc2cc(CNC(=O)[C@@H]3C[C@@H](Cc4ccn(C5CC5)n4)CN3C(=O)[C@@H]3NCCC[C@@H]3C(=O)N3CCCC3)ccc21. The Hall–Kier alpha value is -3.73. The molecule has 228 valence electrons. The van der Waals surface area contributed by atoms with Crippen molar-refractivity contribution in [2.24, 2.45) is 18.9 Å². The fourth-order valence-corrected chi connectivity index (χ4v) is 7.28. The van der Waals surface area contributed by atoms with Gasteiger partial charge in [0.1, 0.15) is 6.04 Å². The van der Waals surface area contributed by atoms with Gasteiger partial charge in [-0.3, -0.25) is 23.7 Å². The van der Waals surface area contributed by atoms with Crippen molar-refractivity contribution >= 4 is 28.6 Å². The fraction of sp³-hybridized carbons (Fsp3) is 0.594. The number of aryl methyl sites for hydroxylation is 1. The molecule has 1 saturated carbocycles. The number of likely N-dealkylation sites (tertiary alicyclic amines) is 2. The van der Waals surface area contributed by atoms with E-state index >= 15 is 0 Å². The average Bonchev–Trinajstić information content (AvgIpc) is 3.41. The molecule has 3 amide bonds. The summed E-state index contributed by atoms with van der Waals surface area (Å²) in [5.41, 5.74) is 3.03. The number of aromatic nitrogens is 4. The quantitative estimate of drug-likeness (QED) is 0.418. The first-order chi connectivity index (χ1) is 20.9. The highest BCUT2D eigenvalue weighted by molar-refractivity contribution is 5.94. The maximum absolute atomic E-state index is 14.3. The second kappa shape index (κ2) is 11.7. The van der Waals surface area contributed by atoms with E-state index in [1.807, 2.05) is 41.0 Å². The predicted octanol–water partition coefficient (Wildman–Crippen LogP) is 2.17. The molecule has 11 nitrogen and oxygen atoms in total. The van der Waals surface area contributed by atoms with Gasteiger partial charge in [-0.25, -0.2) is 0 Å². The molecule has 3 aromatic rings. The molecule has 0 bridgehead atoms. The Labute approximate surface area is 251 Å². The summed E-state index contributed by atoms with van der Waals surface area (Å²) in [6, 6.07) is 7.45. The summed E-state index contributed by atoms with van der Waals surface area (Å²) >= 11 is 0. The predicted molar refractivity (Wildman–Crippen MR) is 161 cm³/mol. The highest BCUT2D eigenvalue weighted by Crippen LogP contribution is 2.35. The van der Waals surface area contributed by atoms with E-state index in [0.717, 1.165) is 60.9 Å².